The Kier molecular flexibility index (Phi) is 5.49. The summed E-state index contributed by atoms with van der Waals surface area (Å²) in [5, 5.41) is 21.2. The topological polar surface area (TPSA) is 69.6 Å². The number of hydrogen-bond acceptors (Lipinski definition) is 3. The standard InChI is InChI=1S/C17H19NO3/c19-11-14-6-8-15(9-7-14)17(21)18-16(12-20)10-13-4-2-1-3-5-13/h1-9,16,19-20H,10-12H2,(H,18,21). The van der Waals surface area contributed by atoms with Crippen molar-refractivity contribution in [3.05, 3.63) is 71.3 Å². The summed E-state index contributed by atoms with van der Waals surface area (Å²) in [5.74, 6) is -0.227. The van der Waals surface area contributed by atoms with E-state index >= 15 is 0 Å². The van der Waals surface area contributed by atoms with Gasteiger partial charge in [0.1, 0.15) is 0 Å². The van der Waals surface area contributed by atoms with Crippen LogP contribution in [0, 0.1) is 0 Å². The van der Waals surface area contributed by atoms with Crippen LogP contribution in [0.15, 0.2) is 54.6 Å². The zero-order chi connectivity index (χ0) is 15.1. The van der Waals surface area contributed by atoms with Gasteiger partial charge in [0, 0.05) is 5.56 Å². The molecule has 4 heteroatoms. The molecule has 0 spiro atoms. The van der Waals surface area contributed by atoms with E-state index in [1.54, 1.807) is 24.3 Å². The van der Waals surface area contributed by atoms with Gasteiger partial charge in [-0.3, -0.25) is 4.79 Å². The summed E-state index contributed by atoms with van der Waals surface area (Å²) in [4.78, 5) is 12.1. The SMILES string of the molecule is O=C(NC(CO)Cc1ccccc1)c1ccc(CO)cc1. The normalized spacial score (nSPS) is 11.9. The molecule has 0 saturated carbocycles. The predicted molar refractivity (Wildman–Crippen MR) is 80.9 cm³/mol. The smallest absolute Gasteiger partial charge is 0.251 e. The molecule has 1 unspecified atom stereocenters. The lowest BCUT2D eigenvalue weighted by Gasteiger charge is -2.16. The van der Waals surface area contributed by atoms with Crippen LogP contribution in [-0.2, 0) is 13.0 Å². The highest BCUT2D eigenvalue weighted by Gasteiger charge is 2.13. The van der Waals surface area contributed by atoms with Crippen LogP contribution >= 0.6 is 0 Å². The van der Waals surface area contributed by atoms with Crippen LogP contribution in [0.3, 0.4) is 0 Å². The van der Waals surface area contributed by atoms with Gasteiger partial charge in [0.25, 0.3) is 5.91 Å². The summed E-state index contributed by atoms with van der Waals surface area (Å²) >= 11 is 0. The molecule has 2 aromatic carbocycles. The third kappa shape index (κ3) is 4.41. The molecule has 21 heavy (non-hydrogen) atoms. The fraction of sp³-hybridized carbons (Fsp3) is 0.235. The minimum absolute atomic E-state index is 0.0465. The highest BCUT2D eigenvalue weighted by molar-refractivity contribution is 5.94. The Hall–Kier alpha value is -2.17. The van der Waals surface area contributed by atoms with E-state index in [4.69, 9.17) is 5.11 Å². The van der Waals surface area contributed by atoms with Crippen LogP contribution in [0.2, 0.25) is 0 Å². The van der Waals surface area contributed by atoms with Crippen molar-refractivity contribution in [3.63, 3.8) is 0 Å². The van der Waals surface area contributed by atoms with Gasteiger partial charge in [0.2, 0.25) is 0 Å². The molecule has 0 heterocycles. The molecule has 0 aliphatic heterocycles. The Bertz CT molecular complexity index is 566. The first-order chi connectivity index (χ1) is 10.2. The number of aliphatic hydroxyl groups is 2. The zero-order valence-corrected chi connectivity index (χ0v) is 11.7. The maximum absolute atomic E-state index is 12.1. The second kappa shape index (κ2) is 7.57. The maximum Gasteiger partial charge on any atom is 0.251 e. The minimum Gasteiger partial charge on any atom is -0.394 e. The lowest BCUT2D eigenvalue weighted by atomic mass is 10.1. The van der Waals surface area contributed by atoms with Crippen LogP contribution in [0.1, 0.15) is 21.5 Å². The predicted octanol–water partition coefficient (Wildman–Crippen LogP) is 1.51. The third-order valence-corrected chi connectivity index (χ3v) is 3.28. The largest absolute Gasteiger partial charge is 0.394 e. The third-order valence-electron chi connectivity index (χ3n) is 3.28. The van der Waals surface area contributed by atoms with Crippen LogP contribution in [-0.4, -0.2) is 28.8 Å². The van der Waals surface area contributed by atoms with E-state index < -0.39 is 0 Å². The quantitative estimate of drug-likeness (QED) is 0.753. The van der Waals surface area contributed by atoms with Gasteiger partial charge >= 0.3 is 0 Å². The van der Waals surface area contributed by atoms with Crippen molar-refractivity contribution < 1.29 is 15.0 Å². The molecule has 4 nitrogen and oxygen atoms in total. The number of amides is 1. The molecule has 110 valence electrons. The van der Waals surface area contributed by atoms with E-state index in [1.807, 2.05) is 30.3 Å². The van der Waals surface area contributed by atoms with E-state index in [9.17, 15) is 9.90 Å². The fourth-order valence-electron chi connectivity index (χ4n) is 2.09. The molecule has 1 amide bonds. The Labute approximate surface area is 124 Å². The lowest BCUT2D eigenvalue weighted by molar-refractivity contribution is 0.0916. The first-order valence-corrected chi connectivity index (χ1v) is 6.88. The molecule has 0 aliphatic rings. The molecular weight excluding hydrogens is 266 g/mol. The Balaban J connectivity index is 1.98. The van der Waals surface area contributed by atoms with Gasteiger partial charge in [0.15, 0.2) is 0 Å². The van der Waals surface area contributed by atoms with E-state index in [1.165, 1.54) is 0 Å². The van der Waals surface area contributed by atoms with Crippen LogP contribution < -0.4 is 5.32 Å². The van der Waals surface area contributed by atoms with Crippen molar-refractivity contribution >= 4 is 5.91 Å². The van der Waals surface area contributed by atoms with E-state index in [2.05, 4.69) is 5.32 Å². The summed E-state index contributed by atoms with van der Waals surface area (Å²) in [7, 11) is 0. The van der Waals surface area contributed by atoms with Gasteiger partial charge < -0.3 is 15.5 Å². The second-order valence-electron chi connectivity index (χ2n) is 4.90. The highest BCUT2D eigenvalue weighted by atomic mass is 16.3. The van der Waals surface area contributed by atoms with Crippen LogP contribution in [0.25, 0.3) is 0 Å². The summed E-state index contributed by atoms with van der Waals surface area (Å²) in [6, 6.07) is 16.1. The molecule has 3 N–H and O–H groups in total. The average Bonchev–Trinajstić information content (AvgIpc) is 2.55. The molecule has 0 fully saturated rings. The average molecular weight is 285 g/mol. The number of aliphatic hydroxyl groups excluding tert-OH is 2. The summed E-state index contributed by atoms with van der Waals surface area (Å²) in [6.07, 6.45) is 0.581. The Morgan fingerprint density at radius 3 is 2.19 bits per heavy atom. The molecule has 0 radical (unpaired) electrons. The highest BCUT2D eigenvalue weighted by Crippen LogP contribution is 2.07. The molecule has 0 aliphatic carbocycles. The Morgan fingerprint density at radius 2 is 1.62 bits per heavy atom. The fourth-order valence-corrected chi connectivity index (χ4v) is 2.09. The molecule has 2 aromatic rings. The summed E-state index contributed by atoms with van der Waals surface area (Å²) < 4.78 is 0. The van der Waals surface area contributed by atoms with Gasteiger partial charge in [-0.05, 0) is 29.7 Å². The van der Waals surface area contributed by atoms with Gasteiger partial charge in [-0.2, -0.15) is 0 Å². The van der Waals surface area contributed by atoms with Crippen molar-refractivity contribution in [3.8, 4) is 0 Å². The van der Waals surface area contributed by atoms with Gasteiger partial charge in [0.05, 0.1) is 19.3 Å². The number of carbonyl (C=O) groups excluding carboxylic acids is 1. The van der Waals surface area contributed by atoms with Gasteiger partial charge in [-0.25, -0.2) is 0 Å². The number of hydrogen-bond donors (Lipinski definition) is 3. The number of nitrogens with one attached hydrogen (secondary N) is 1. The molecule has 0 saturated heterocycles. The molecule has 1 atom stereocenters. The van der Waals surface area contributed by atoms with Gasteiger partial charge in [-0.15, -0.1) is 0 Å². The molecule has 0 bridgehead atoms. The second-order valence-corrected chi connectivity index (χ2v) is 4.90. The monoisotopic (exact) mass is 285 g/mol. The first kappa shape index (κ1) is 15.2. The molecule has 2 rings (SSSR count). The van der Waals surface area contributed by atoms with E-state index in [0.717, 1.165) is 11.1 Å². The minimum atomic E-state index is -0.322. The number of benzene rings is 2. The van der Waals surface area contributed by atoms with Crippen molar-refractivity contribution in [1.82, 2.24) is 5.32 Å². The van der Waals surface area contributed by atoms with E-state index in [-0.39, 0.29) is 25.2 Å². The van der Waals surface area contributed by atoms with Crippen LogP contribution in [0.4, 0.5) is 0 Å². The molecule has 0 aromatic heterocycles. The lowest BCUT2D eigenvalue weighted by Crippen LogP contribution is -2.39. The maximum atomic E-state index is 12.1. The first-order valence-electron chi connectivity index (χ1n) is 6.88. The molecular formula is C17H19NO3. The van der Waals surface area contributed by atoms with Crippen molar-refractivity contribution in [1.29, 1.82) is 0 Å². The van der Waals surface area contributed by atoms with Crippen molar-refractivity contribution in [2.24, 2.45) is 0 Å². The zero-order valence-electron chi connectivity index (χ0n) is 11.7. The van der Waals surface area contributed by atoms with E-state index in [0.29, 0.717) is 12.0 Å². The number of rotatable bonds is 6. The number of carbonyl (C=O) groups is 1. The van der Waals surface area contributed by atoms with Gasteiger partial charge in [-0.1, -0.05) is 42.5 Å². The van der Waals surface area contributed by atoms with Crippen LogP contribution in [0.5, 0.6) is 0 Å². The summed E-state index contributed by atoms with van der Waals surface area (Å²) in [6.45, 7) is -0.162. The summed E-state index contributed by atoms with van der Waals surface area (Å²) in [5.41, 5.74) is 2.33. The van der Waals surface area contributed by atoms with Crippen molar-refractivity contribution in [2.45, 2.75) is 19.1 Å². The Morgan fingerprint density at radius 1 is 0.952 bits per heavy atom. The van der Waals surface area contributed by atoms with Crippen molar-refractivity contribution in [2.75, 3.05) is 6.61 Å².